The van der Waals surface area contributed by atoms with Crippen molar-refractivity contribution in [3.63, 3.8) is 0 Å². The van der Waals surface area contributed by atoms with E-state index < -0.39 is 29.7 Å². The van der Waals surface area contributed by atoms with E-state index in [0.29, 0.717) is 29.5 Å². The summed E-state index contributed by atoms with van der Waals surface area (Å²) in [6.45, 7) is -0.0980. The fourth-order valence-corrected chi connectivity index (χ4v) is 4.47. The third kappa shape index (κ3) is 4.65. The van der Waals surface area contributed by atoms with Crippen LogP contribution in [0.5, 0.6) is 0 Å². The molecule has 166 valence electrons. The number of alkyl halides is 3. The number of rotatable bonds is 3. The zero-order valence-electron chi connectivity index (χ0n) is 16.7. The molecule has 4 rings (SSSR count). The number of hydrogen-bond donors (Lipinski definition) is 0. The smallest absolute Gasteiger partial charge is 0.418 e. The summed E-state index contributed by atoms with van der Waals surface area (Å²) in [4.78, 5) is 14.2. The second-order valence-electron chi connectivity index (χ2n) is 7.48. The molecule has 0 N–H and O–H groups in total. The summed E-state index contributed by atoms with van der Waals surface area (Å²) in [6.07, 6.45) is -5.00. The highest BCUT2D eigenvalue weighted by atomic mass is 79.9. The van der Waals surface area contributed by atoms with Crippen LogP contribution in [0.15, 0.2) is 71.2 Å². The first-order valence-corrected chi connectivity index (χ1v) is 10.7. The summed E-state index contributed by atoms with van der Waals surface area (Å²) in [6, 6.07) is 16.1. The molecule has 32 heavy (non-hydrogen) atoms. The van der Waals surface area contributed by atoms with Crippen LogP contribution in [-0.2, 0) is 23.9 Å². The molecule has 3 aromatic rings. The number of ether oxygens (including phenoxy) is 1. The van der Waals surface area contributed by atoms with E-state index in [2.05, 4.69) is 15.9 Å². The molecule has 3 nitrogen and oxygen atoms in total. The maximum Gasteiger partial charge on any atom is 0.418 e. The fourth-order valence-electron chi connectivity index (χ4n) is 3.96. The number of fused-ring (bicyclic) bond motifs is 1. The molecule has 0 radical (unpaired) electrons. The number of amides is 1. The molecule has 0 fully saturated rings. The first-order valence-electron chi connectivity index (χ1n) is 9.89. The molecule has 8 heteroatoms. The van der Waals surface area contributed by atoms with E-state index in [9.17, 15) is 22.4 Å². The Labute approximate surface area is 190 Å². The van der Waals surface area contributed by atoms with Gasteiger partial charge < -0.3 is 4.74 Å². The van der Waals surface area contributed by atoms with Gasteiger partial charge in [-0.25, -0.2) is 9.18 Å². The van der Waals surface area contributed by atoms with Gasteiger partial charge in [-0.3, -0.25) is 4.90 Å². The SMILES string of the molecule is O=C(OCc1ccccc1)N1c2c(cc(Br)cc2C(F)(F)F)CCC1c1cccc(F)c1. The fraction of sp³-hybridized carbons (Fsp3) is 0.208. The molecule has 0 saturated carbocycles. The van der Waals surface area contributed by atoms with Gasteiger partial charge in [0.05, 0.1) is 17.3 Å². The molecule has 0 saturated heterocycles. The van der Waals surface area contributed by atoms with Gasteiger partial charge in [0.15, 0.2) is 0 Å². The predicted octanol–water partition coefficient (Wildman–Crippen LogP) is 7.44. The van der Waals surface area contributed by atoms with Gasteiger partial charge in [-0.15, -0.1) is 0 Å². The largest absolute Gasteiger partial charge is 0.444 e. The second kappa shape index (κ2) is 8.94. The minimum Gasteiger partial charge on any atom is -0.444 e. The molecule has 1 amide bonds. The Morgan fingerprint density at radius 1 is 1.06 bits per heavy atom. The van der Waals surface area contributed by atoms with E-state index in [1.165, 1.54) is 18.2 Å². The summed E-state index contributed by atoms with van der Waals surface area (Å²) in [5.74, 6) is -0.530. The zero-order valence-corrected chi connectivity index (χ0v) is 18.3. The van der Waals surface area contributed by atoms with E-state index >= 15 is 0 Å². The summed E-state index contributed by atoms with van der Waals surface area (Å²) in [7, 11) is 0. The molecular weight excluding hydrogens is 490 g/mol. The van der Waals surface area contributed by atoms with Gasteiger partial charge in [0.25, 0.3) is 0 Å². The third-order valence-corrected chi connectivity index (χ3v) is 5.79. The van der Waals surface area contributed by atoms with Crippen molar-refractivity contribution in [2.75, 3.05) is 4.90 Å². The average molecular weight is 508 g/mol. The van der Waals surface area contributed by atoms with E-state index in [0.717, 1.165) is 11.0 Å². The Bertz CT molecular complexity index is 1130. The normalized spacial score (nSPS) is 15.9. The Morgan fingerprint density at radius 3 is 2.50 bits per heavy atom. The van der Waals surface area contributed by atoms with E-state index in [1.54, 1.807) is 42.5 Å². The van der Waals surface area contributed by atoms with E-state index in [1.807, 2.05) is 0 Å². The maximum atomic E-state index is 14.0. The Hall–Kier alpha value is -2.87. The van der Waals surface area contributed by atoms with Crippen molar-refractivity contribution in [3.8, 4) is 0 Å². The summed E-state index contributed by atoms with van der Waals surface area (Å²) >= 11 is 3.14. The van der Waals surface area contributed by atoms with Gasteiger partial charge in [-0.05, 0) is 53.8 Å². The van der Waals surface area contributed by atoms with Gasteiger partial charge in [-0.1, -0.05) is 58.4 Å². The minimum atomic E-state index is -4.70. The molecule has 0 bridgehead atoms. The second-order valence-corrected chi connectivity index (χ2v) is 8.39. The average Bonchev–Trinajstić information content (AvgIpc) is 2.76. The van der Waals surface area contributed by atoms with E-state index in [4.69, 9.17) is 4.74 Å². The van der Waals surface area contributed by atoms with Gasteiger partial charge >= 0.3 is 12.3 Å². The highest BCUT2D eigenvalue weighted by Gasteiger charge is 2.42. The Morgan fingerprint density at radius 2 is 1.81 bits per heavy atom. The third-order valence-electron chi connectivity index (χ3n) is 5.33. The van der Waals surface area contributed by atoms with E-state index in [-0.39, 0.29) is 16.8 Å². The van der Waals surface area contributed by atoms with Crippen molar-refractivity contribution >= 4 is 27.7 Å². The summed E-state index contributed by atoms with van der Waals surface area (Å²) in [5, 5.41) is 0. The van der Waals surface area contributed by atoms with Crippen molar-refractivity contribution in [1.82, 2.24) is 0 Å². The lowest BCUT2D eigenvalue weighted by Crippen LogP contribution is -2.40. The van der Waals surface area contributed by atoms with Crippen LogP contribution in [0.4, 0.5) is 28.0 Å². The number of aryl methyl sites for hydroxylation is 1. The molecule has 0 spiro atoms. The maximum absolute atomic E-state index is 14.0. The number of carbonyl (C=O) groups excluding carboxylic acids is 1. The van der Waals surface area contributed by atoms with Gasteiger partial charge in [-0.2, -0.15) is 13.2 Å². The molecule has 3 aromatic carbocycles. The highest BCUT2D eigenvalue weighted by molar-refractivity contribution is 9.10. The highest BCUT2D eigenvalue weighted by Crippen LogP contribution is 2.47. The van der Waals surface area contributed by atoms with Crippen molar-refractivity contribution < 1.29 is 27.1 Å². The Kier molecular flexibility index (Phi) is 6.24. The molecule has 0 aromatic heterocycles. The topological polar surface area (TPSA) is 29.5 Å². The first kappa shape index (κ1) is 22.3. The minimum absolute atomic E-state index is 0.0980. The lowest BCUT2D eigenvalue weighted by molar-refractivity contribution is -0.137. The van der Waals surface area contributed by atoms with Crippen LogP contribution in [-0.4, -0.2) is 6.09 Å². The van der Waals surface area contributed by atoms with Crippen molar-refractivity contribution in [3.05, 3.63) is 99.3 Å². The van der Waals surface area contributed by atoms with Crippen LogP contribution in [0.25, 0.3) is 0 Å². The number of hydrogen-bond acceptors (Lipinski definition) is 2. The summed E-state index contributed by atoms with van der Waals surface area (Å²) < 4.78 is 61.5. The van der Waals surface area contributed by atoms with Gasteiger partial charge in [0, 0.05) is 4.47 Å². The predicted molar refractivity (Wildman–Crippen MR) is 116 cm³/mol. The Balaban J connectivity index is 1.80. The first-order chi connectivity index (χ1) is 15.2. The molecule has 1 unspecified atom stereocenters. The summed E-state index contributed by atoms with van der Waals surface area (Å²) in [5.41, 5.74) is 0.283. The van der Waals surface area contributed by atoms with Crippen LogP contribution < -0.4 is 4.90 Å². The van der Waals surface area contributed by atoms with Crippen LogP contribution in [0.1, 0.15) is 34.7 Å². The standard InChI is InChI=1S/C24H18BrF4NO2/c25-18-11-17-9-10-21(16-7-4-8-19(26)12-16)30(22(17)20(13-18)24(27,28)29)23(31)32-14-15-5-2-1-3-6-15/h1-8,11-13,21H,9-10,14H2. The lowest BCUT2D eigenvalue weighted by Gasteiger charge is -2.38. The number of nitrogens with zero attached hydrogens (tertiary/aromatic N) is 1. The van der Waals surface area contributed by atoms with Crippen LogP contribution in [0.3, 0.4) is 0 Å². The molecule has 1 heterocycles. The van der Waals surface area contributed by atoms with Gasteiger partial charge in [0.2, 0.25) is 0 Å². The van der Waals surface area contributed by atoms with Crippen LogP contribution in [0.2, 0.25) is 0 Å². The quantitative estimate of drug-likeness (QED) is 0.344. The number of anilines is 1. The number of carbonyl (C=O) groups is 1. The molecular formula is C24H18BrF4NO2. The molecule has 1 atom stereocenters. The monoisotopic (exact) mass is 507 g/mol. The molecule has 1 aliphatic heterocycles. The van der Waals surface area contributed by atoms with Crippen LogP contribution in [0, 0.1) is 5.82 Å². The van der Waals surface area contributed by atoms with Crippen molar-refractivity contribution in [2.24, 2.45) is 0 Å². The number of halogens is 5. The zero-order chi connectivity index (χ0) is 22.9. The lowest BCUT2D eigenvalue weighted by atomic mass is 9.89. The van der Waals surface area contributed by atoms with Crippen molar-refractivity contribution in [2.45, 2.75) is 31.7 Å². The molecule has 1 aliphatic rings. The molecule has 0 aliphatic carbocycles. The number of benzene rings is 3. The van der Waals surface area contributed by atoms with Crippen LogP contribution >= 0.6 is 15.9 Å². The van der Waals surface area contributed by atoms with Crippen molar-refractivity contribution in [1.29, 1.82) is 0 Å². The van der Waals surface area contributed by atoms with Gasteiger partial charge in [0.1, 0.15) is 12.4 Å².